The molecule has 55 heavy (non-hydrogen) atoms. The average Bonchev–Trinajstić information content (AvgIpc) is 3.62. The van der Waals surface area contributed by atoms with Gasteiger partial charge in [0.05, 0.1) is 22.1 Å². The minimum absolute atomic E-state index is 0. The molecule has 2 aromatic heterocycles. The van der Waals surface area contributed by atoms with Gasteiger partial charge in [-0.1, -0.05) is 142 Å². The maximum atomic E-state index is 11.3. The molecule has 276 valence electrons. The topological polar surface area (TPSA) is 50.9 Å². The Morgan fingerprint density at radius 1 is 0.745 bits per heavy atom. The minimum Gasteiger partial charge on any atom is -0.507 e. The predicted molar refractivity (Wildman–Crippen MR) is 224 cm³/mol. The fourth-order valence-electron chi connectivity index (χ4n) is 6.85. The van der Waals surface area contributed by atoms with Crippen molar-refractivity contribution in [3.8, 4) is 67.5 Å². The summed E-state index contributed by atoms with van der Waals surface area (Å²) >= 11 is 0. The molecule has 0 bridgehead atoms. The second-order valence-corrected chi connectivity index (χ2v) is 14.7. The molecule has 0 atom stereocenters. The van der Waals surface area contributed by atoms with Crippen molar-refractivity contribution in [3.05, 3.63) is 168 Å². The molecule has 8 aromatic rings. The number of pyridine rings is 1. The number of hydrogen-bond donors (Lipinski definition) is 1. The largest absolute Gasteiger partial charge is 0.507 e. The Bertz CT molecular complexity index is 3010. The normalized spacial score (nSPS) is 14.1. The van der Waals surface area contributed by atoms with Crippen molar-refractivity contribution >= 4 is 11.0 Å². The van der Waals surface area contributed by atoms with E-state index in [4.69, 9.17) is 14.6 Å². The Balaban J connectivity index is 0.00000595. The summed E-state index contributed by atoms with van der Waals surface area (Å²) in [5, 5.41) is 11.3. The number of phenols is 1. The van der Waals surface area contributed by atoms with Crippen molar-refractivity contribution in [2.45, 2.75) is 52.8 Å². The van der Waals surface area contributed by atoms with Gasteiger partial charge in [-0.25, -0.2) is 4.98 Å². The molecule has 0 fully saturated rings. The molecular formula is C50H44N3OPt-. The van der Waals surface area contributed by atoms with Crippen LogP contribution in [0.1, 0.15) is 68.2 Å². The molecule has 0 amide bonds. The van der Waals surface area contributed by atoms with Gasteiger partial charge in [-0.3, -0.25) is 9.55 Å². The maximum Gasteiger partial charge on any atom is 0.148 e. The maximum absolute atomic E-state index is 11.3. The van der Waals surface area contributed by atoms with E-state index < -0.39 is 42.5 Å². The van der Waals surface area contributed by atoms with E-state index in [0.29, 0.717) is 33.7 Å². The summed E-state index contributed by atoms with van der Waals surface area (Å²) in [4.78, 5) is 9.96. The third-order valence-electron chi connectivity index (χ3n) is 9.69. The number of benzene rings is 6. The zero-order valence-electron chi connectivity index (χ0n) is 39.2. The van der Waals surface area contributed by atoms with Gasteiger partial charge < -0.3 is 5.11 Å². The quantitative estimate of drug-likeness (QED) is 0.162. The van der Waals surface area contributed by atoms with Gasteiger partial charge in [0.15, 0.2) is 0 Å². The van der Waals surface area contributed by atoms with E-state index in [1.165, 1.54) is 6.20 Å². The van der Waals surface area contributed by atoms with Crippen LogP contribution in [0.5, 0.6) is 5.75 Å². The van der Waals surface area contributed by atoms with Gasteiger partial charge in [-0.15, -0.1) is 29.3 Å². The third-order valence-corrected chi connectivity index (χ3v) is 9.69. The van der Waals surface area contributed by atoms with Gasteiger partial charge in [0.1, 0.15) is 11.6 Å². The second-order valence-electron chi connectivity index (χ2n) is 14.7. The number of phenolic OH excluding ortho intramolecular Hbond substituents is 1. The van der Waals surface area contributed by atoms with Crippen molar-refractivity contribution in [3.63, 3.8) is 0 Å². The zero-order chi connectivity index (χ0) is 44.5. The first-order valence-electron chi connectivity index (χ1n) is 21.9. The van der Waals surface area contributed by atoms with E-state index in [2.05, 4.69) is 37.9 Å². The molecule has 0 aliphatic carbocycles. The molecule has 0 saturated carbocycles. The number of hydrogen-bond acceptors (Lipinski definition) is 3. The zero-order valence-corrected chi connectivity index (χ0v) is 33.4. The molecule has 1 N–H and O–H groups in total. The van der Waals surface area contributed by atoms with E-state index in [9.17, 15) is 6.48 Å². The Kier molecular flexibility index (Phi) is 8.01. The van der Waals surface area contributed by atoms with E-state index in [1.807, 2.05) is 103 Å². The summed E-state index contributed by atoms with van der Waals surface area (Å²) in [6.45, 7) is 7.24. The Hall–Kier alpha value is -5.57. The first kappa shape index (κ1) is 28.8. The minimum atomic E-state index is -2.82. The van der Waals surface area contributed by atoms with E-state index in [-0.39, 0.29) is 37.8 Å². The number of rotatable bonds is 7. The molecule has 0 radical (unpaired) electrons. The van der Waals surface area contributed by atoms with Crippen LogP contribution in [-0.2, 0) is 26.5 Å². The molecule has 4 nitrogen and oxygen atoms in total. The van der Waals surface area contributed by atoms with E-state index in [1.54, 1.807) is 24.3 Å². The summed E-state index contributed by atoms with van der Waals surface area (Å²) in [7, 11) is 0. The number of nitrogens with zero attached hydrogens (tertiary/aromatic N) is 3. The van der Waals surface area contributed by atoms with E-state index in [0.717, 1.165) is 44.6 Å². The van der Waals surface area contributed by atoms with E-state index >= 15 is 0 Å². The number of fused-ring (bicyclic) bond motifs is 1. The molecule has 0 aliphatic heterocycles. The second kappa shape index (κ2) is 15.3. The van der Waals surface area contributed by atoms with Gasteiger partial charge in [-0.2, -0.15) is 0 Å². The summed E-state index contributed by atoms with van der Waals surface area (Å²) in [6, 6.07) is 37.9. The third kappa shape index (κ3) is 7.44. The SMILES string of the molecule is [2H]c1c([2H])c(C([2H])([2H])[2H])c([2H])c([2H])c1-c1ccnc(-c2[c-]c(-c3cccc4c3nc(-c3ccccc3O)n4-c3ccc(-c4ccccc4)c(C([2H])(C)C)c3)cc(C(C)(C)C)c2)c1.[Pt]. The first-order valence-corrected chi connectivity index (χ1v) is 17.9. The van der Waals surface area contributed by atoms with Crippen LogP contribution in [0.2, 0.25) is 0 Å². The summed E-state index contributed by atoms with van der Waals surface area (Å²) < 4.78 is 69.3. The Morgan fingerprint density at radius 3 is 2.20 bits per heavy atom. The molecule has 6 aromatic carbocycles. The molecule has 5 heteroatoms. The van der Waals surface area contributed by atoms with Gasteiger partial charge >= 0.3 is 0 Å². The van der Waals surface area contributed by atoms with Crippen LogP contribution in [0, 0.1) is 12.9 Å². The van der Waals surface area contributed by atoms with Gasteiger partial charge in [-0.05, 0) is 82.4 Å². The van der Waals surface area contributed by atoms with Crippen molar-refractivity contribution in [2.24, 2.45) is 0 Å². The van der Waals surface area contributed by atoms with Crippen molar-refractivity contribution in [1.29, 1.82) is 0 Å². The molecule has 0 unspecified atom stereocenters. The number of aromatic hydroxyl groups is 1. The monoisotopic (exact) mass is 905 g/mol. The van der Waals surface area contributed by atoms with Gasteiger partial charge in [0.25, 0.3) is 0 Å². The number of para-hydroxylation sites is 2. The molecular weight excluding hydrogens is 854 g/mol. The Labute approximate surface area is 350 Å². The van der Waals surface area contributed by atoms with Crippen LogP contribution in [0.4, 0.5) is 0 Å². The van der Waals surface area contributed by atoms with Crippen LogP contribution >= 0.6 is 0 Å². The fraction of sp³-hybridized carbons (Fsp3) is 0.160. The van der Waals surface area contributed by atoms with Crippen LogP contribution < -0.4 is 0 Å². The van der Waals surface area contributed by atoms with Crippen LogP contribution in [0.25, 0.3) is 72.7 Å². The average molecular weight is 906 g/mol. The number of aromatic nitrogens is 3. The van der Waals surface area contributed by atoms with Crippen LogP contribution in [0.15, 0.2) is 146 Å². The van der Waals surface area contributed by atoms with Gasteiger partial charge in [0.2, 0.25) is 0 Å². The molecule has 0 saturated heterocycles. The summed E-state index contributed by atoms with van der Waals surface area (Å²) in [6.07, 6.45) is 1.53. The molecule has 0 spiro atoms. The van der Waals surface area contributed by atoms with Crippen LogP contribution in [0.3, 0.4) is 0 Å². The van der Waals surface area contributed by atoms with Crippen molar-refractivity contribution < 1.29 is 37.1 Å². The first-order chi connectivity index (χ1) is 29.2. The fourth-order valence-corrected chi connectivity index (χ4v) is 6.85. The van der Waals surface area contributed by atoms with Crippen LogP contribution in [-0.4, -0.2) is 19.6 Å². The summed E-state index contributed by atoms with van der Waals surface area (Å²) in [5.74, 6) is -0.379. The van der Waals surface area contributed by atoms with Crippen molar-refractivity contribution in [2.75, 3.05) is 0 Å². The number of imidazole rings is 1. The Morgan fingerprint density at radius 2 is 1.47 bits per heavy atom. The van der Waals surface area contributed by atoms with Crippen molar-refractivity contribution in [1.82, 2.24) is 14.5 Å². The summed E-state index contributed by atoms with van der Waals surface area (Å²) in [5.41, 5.74) is 8.41. The predicted octanol–water partition coefficient (Wildman–Crippen LogP) is 13.0. The van der Waals surface area contributed by atoms with Gasteiger partial charge in [0, 0.05) is 44.1 Å². The molecule has 2 heterocycles. The smallest absolute Gasteiger partial charge is 0.148 e. The standard InChI is InChI=1S/C50H44N3O.Pt/c1-32(2)44-31-40(23-24-41(44)35-13-8-7-9-14-35)53-46-17-12-16-42(48(46)52-49(53)43-15-10-11-18-47(43)54)37-27-38(29-39(28-37)50(4,5)6)45-30-36(25-26-51-45)34-21-19-33(3)20-22-34;/h7-26,28-32,54H,1-6H3;/q-1;/i3D3,19D,20D,21D,22D,32D;. The molecule has 0 aliphatic rings. The molecule has 8 rings (SSSR count).